The first kappa shape index (κ1) is 38.7. The average Bonchev–Trinajstić information content (AvgIpc) is 3.71. The number of anilines is 6. The number of rotatable bonds is 11. The Kier molecular flexibility index (Phi) is 10.2. The van der Waals surface area contributed by atoms with Crippen molar-refractivity contribution in [2.45, 2.75) is 0 Å². The summed E-state index contributed by atoms with van der Waals surface area (Å²) in [7, 11) is -2.94. The topological polar surface area (TPSA) is 11.4 Å². The van der Waals surface area contributed by atoms with E-state index in [0.717, 1.165) is 39.8 Å². The fourth-order valence-corrected chi connectivity index (χ4v) is 14.5. The third-order valence-electron chi connectivity index (χ3n) is 12.5. The van der Waals surface area contributed by atoms with Gasteiger partial charge in [-0.15, -0.1) is 0 Å². The molecule has 0 amide bonds. The van der Waals surface area contributed by atoms with E-state index in [9.17, 15) is 0 Å². The number of hydrogen-bond acceptors (Lipinski definition) is 2. The van der Waals surface area contributed by atoms with Crippen LogP contribution >= 0.6 is 0 Å². The van der Waals surface area contributed by atoms with Gasteiger partial charge in [0.1, 0.15) is 0 Å². The van der Waals surface area contributed by atoms with Crippen molar-refractivity contribution in [3.8, 4) is 5.69 Å². The van der Waals surface area contributed by atoms with Crippen molar-refractivity contribution in [3.63, 3.8) is 0 Å². The van der Waals surface area contributed by atoms with E-state index in [4.69, 9.17) is 0 Å². The predicted molar refractivity (Wildman–Crippen MR) is 274 cm³/mol. The lowest BCUT2D eigenvalue weighted by atomic mass is 10.1. The Morgan fingerprint density at radius 3 is 1.17 bits per heavy atom. The number of nitrogens with zero attached hydrogens (tertiary/aromatic N) is 3. The van der Waals surface area contributed by atoms with E-state index in [1.807, 2.05) is 0 Å². The number of fused-ring (bicyclic) bond motifs is 3. The van der Waals surface area contributed by atoms with Crippen LogP contribution in [-0.2, 0) is 0 Å². The number of aromatic nitrogens is 1. The van der Waals surface area contributed by atoms with Crippen LogP contribution in [0.5, 0.6) is 0 Å². The molecule has 304 valence electrons. The molecular formula is C60H45N3Si. The minimum atomic E-state index is -2.94. The molecule has 0 unspecified atom stereocenters. The highest BCUT2D eigenvalue weighted by Crippen LogP contribution is 2.40. The zero-order valence-corrected chi connectivity index (χ0v) is 36.3. The van der Waals surface area contributed by atoms with Gasteiger partial charge >= 0.3 is 0 Å². The Bertz CT molecular complexity index is 3220. The molecule has 0 saturated carbocycles. The van der Waals surface area contributed by atoms with Crippen molar-refractivity contribution in [1.29, 1.82) is 0 Å². The average molecular weight is 836 g/mol. The smallest absolute Gasteiger partial charge is 0.179 e. The molecule has 0 fully saturated rings. The Balaban J connectivity index is 1.10. The molecule has 1 heterocycles. The summed E-state index contributed by atoms with van der Waals surface area (Å²) < 4.78 is 2.38. The minimum Gasteiger partial charge on any atom is -0.311 e. The van der Waals surface area contributed by atoms with Crippen LogP contribution in [0.25, 0.3) is 27.5 Å². The Hall–Kier alpha value is -8.18. The maximum atomic E-state index is 2.44. The first-order valence-corrected chi connectivity index (χ1v) is 23.9. The Morgan fingerprint density at radius 1 is 0.250 bits per heavy atom. The SMILES string of the molecule is c1ccc(N(c2ccccc2)c2cccc([Si](c3ccccc3)(c3ccccc3)c3ccc(N(c4ccccc4)c4ccc5c(c4)c4ccccc4n5-c4ccccc4)cc3)c2)cc1. The van der Waals surface area contributed by atoms with Gasteiger partial charge in [0.2, 0.25) is 0 Å². The molecule has 0 aliphatic heterocycles. The van der Waals surface area contributed by atoms with Crippen LogP contribution in [-0.4, -0.2) is 12.6 Å². The van der Waals surface area contributed by atoms with Gasteiger partial charge in [-0.05, 0) is 118 Å². The molecule has 0 N–H and O–H groups in total. The first-order chi connectivity index (χ1) is 31.8. The van der Waals surface area contributed by atoms with Gasteiger partial charge in [-0.2, -0.15) is 0 Å². The van der Waals surface area contributed by atoms with Crippen LogP contribution < -0.4 is 30.5 Å². The second-order valence-electron chi connectivity index (χ2n) is 16.1. The fourth-order valence-electron chi connectivity index (χ4n) is 9.70. The standard InChI is InChI=1S/C60H45N3Si/c1-7-22-46(23-8-1)61(47-24-9-2-10-25-47)51-30-21-35-56(44-51)64(53-31-15-5-16-32-53,54-33-17-6-18-34-54)55-41-38-50(39-42-55)62(48-26-11-3-12-27-48)52-40-43-60-58(45-52)57-36-19-20-37-59(57)63(60)49-28-13-4-14-29-49/h1-45H. The molecule has 11 aromatic rings. The van der Waals surface area contributed by atoms with Gasteiger partial charge in [0.05, 0.1) is 11.0 Å². The van der Waals surface area contributed by atoms with E-state index >= 15 is 0 Å². The van der Waals surface area contributed by atoms with E-state index in [2.05, 4.69) is 287 Å². The van der Waals surface area contributed by atoms with Crippen molar-refractivity contribution in [1.82, 2.24) is 4.57 Å². The Labute approximate surface area is 376 Å². The van der Waals surface area contributed by atoms with E-state index in [-0.39, 0.29) is 0 Å². The summed E-state index contributed by atoms with van der Waals surface area (Å²) in [5.41, 5.74) is 10.2. The fraction of sp³-hybridized carbons (Fsp3) is 0. The van der Waals surface area contributed by atoms with Gasteiger partial charge in [-0.1, -0.05) is 176 Å². The lowest BCUT2D eigenvalue weighted by Crippen LogP contribution is -2.74. The molecule has 0 aliphatic rings. The summed E-state index contributed by atoms with van der Waals surface area (Å²) in [6.07, 6.45) is 0. The van der Waals surface area contributed by atoms with E-state index in [0.29, 0.717) is 0 Å². The summed E-state index contributed by atoms with van der Waals surface area (Å²) in [5, 5.41) is 7.73. The van der Waals surface area contributed by atoms with E-state index < -0.39 is 8.07 Å². The maximum Gasteiger partial charge on any atom is 0.179 e. The second kappa shape index (κ2) is 16.9. The molecule has 64 heavy (non-hydrogen) atoms. The van der Waals surface area contributed by atoms with Crippen LogP contribution in [0.15, 0.2) is 273 Å². The normalized spacial score (nSPS) is 11.4. The Morgan fingerprint density at radius 2 is 0.625 bits per heavy atom. The van der Waals surface area contributed by atoms with Crippen molar-refractivity contribution >= 4 is 84.8 Å². The zero-order valence-electron chi connectivity index (χ0n) is 35.3. The van der Waals surface area contributed by atoms with E-state index in [1.54, 1.807) is 0 Å². The molecule has 3 nitrogen and oxygen atoms in total. The quantitative estimate of drug-likeness (QED) is 0.0950. The van der Waals surface area contributed by atoms with Crippen LogP contribution in [0, 0.1) is 0 Å². The monoisotopic (exact) mass is 835 g/mol. The maximum absolute atomic E-state index is 2.94. The molecule has 0 aliphatic carbocycles. The summed E-state index contributed by atoms with van der Waals surface area (Å²) in [5.74, 6) is 0. The zero-order chi connectivity index (χ0) is 42.7. The first-order valence-electron chi connectivity index (χ1n) is 21.9. The summed E-state index contributed by atoms with van der Waals surface area (Å²) in [4.78, 5) is 4.76. The lowest BCUT2D eigenvalue weighted by Gasteiger charge is -2.36. The largest absolute Gasteiger partial charge is 0.311 e. The van der Waals surface area contributed by atoms with Crippen molar-refractivity contribution in [2.24, 2.45) is 0 Å². The van der Waals surface area contributed by atoms with Gasteiger partial charge in [-0.3, -0.25) is 0 Å². The molecule has 0 radical (unpaired) electrons. The molecule has 0 bridgehead atoms. The van der Waals surface area contributed by atoms with Gasteiger partial charge < -0.3 is 14.4 Å². The highest BCUT2D eigenvalue weighted by atomic mass is 28.3. The molecule has 4 heteroatoms. The van der Waals surface area contributed by atoms with Crippen LogP contribution in [0.3, 0.4) is 0 Å². The molecular weight excluding hydrogens is 791 g/mol. The van der Waals surface area contributed by atoms with Crippen LogP contribution in [0.4, 0.5) is 34.1 Å². The highest BCUT2D eigenvalue weighted by Gasteiger charge is 2.42. The van der Waals surface area contributed by atoms with Crippen LogP contribution in [0.1, 0.15) is 0 Å². The van der Waals surface area contributed by atoms with Gasteiger partial charge in [0.15, 0.2) is 8.07 Å². The molecule has 10 aromatic carbocycles. The van der Waals surface area contributed by atoms with Crippen LogP contribution in [0.2, 0.25) is 0 Å². The van der Waals surface area contributed by atoms with Gasteiger partial charge in [0, 0.05) is 50.6 Å². The summed E-state index contributed by atoms with van der Waals surface area (Å²) in [6.45, 7) is 0. The van der Waals surface area contributed by atoms with E-state index in [1.165, 1.54) is 42.6 Å². The molecule has 11 rings (SSSR count). The summed E-state index contributed by atoms with van der Waals surface area (Å²) >= 11 is 0. The molecule has 0 spiro atoms. The molecule has 1 aromatic heterocycles. The number of benzene rings is 10. The predicted octanol–water partition coefficient (Wildman–Crippen LogP) is 13.1. The lowest BCUT2D eigenvalue weighted by molar-refractivity contribution is 1.18. The molecule has 0 atom stereocenters. The number of para-hydroxylation sites is 5. The third kappa shape index (κ3) is 6.87. The van der Waals surface area contributed by atoms with Crippen molar-refractivity contribution in [2.75, 3.05) is 9.80 Å². The molecule has 0 saturated heterocycles. The highest BCUT2D eigenvalue weighted by molar-refractivity contribution is 7.20. The van der Waals surface area contributed by atoms with Crippen molar-refractivity contribution in [3.05, 3.63) is 273 Å². The third-order valence-corrected chi connectivity index (χ3v) is 17.3. The summed E-state index contributed by atoms with van der Waals surface area (Å²) in [6, 6.07) is 99.6. The van der Waals surface area contributed by atoms with Gasteiger partial charge in [-0.25, -0.2) is 0 Å². The van der Waals surface area contributed by atoms with Gasteiger partial charge in [0.25, 0.3) is 0 Å². The minimum absolute atomic E-state index is 1.10. The van der Waals surface area contributed by atoms with Crippen molar-refractivity contribution < 1.29 is 0 Å². The number of hydrogen-bond donors (Lipinski definition) is 0. The second-order valence-corrected chi connectivity index (χ2v) is 20.0.